The fourth-order valence-electron chi connectivity index (χ4n) is 2.45. The molecule has 3 heteroatoms. The lowest BCUT2D eigenvalue weighted by atomic mass is 9.95. The second-order valence-electron chi connectivity index (χ2n) is 5.56. The summed E-state index contributed by atoms with van der Waals surface area (Å²) in [5.74, 6) is 0.686. The van der Waals surface area contributed by atoms with Gasteiger partial charge in [0.25, 0.3) is 0 Å². The van der Waals surface area contributed by atoms with Crippen LogP contribution in [0.3, 0.4) is 0 Å². The first-order valence-electron chi connectivity index (χ1n) is 8.17. The van der Waals surface area contributed by atoms with E-state index in [9.17, 15) is 4.79 Å². The Bertz CT molecular complexity index is 215. The van der Waals surface area contributed by atoms with Gasteiger partial charge in [-0.2, -0.15) is 0 Å². The molecule has 3 nitrogen and oxygen atoms in total. The van der Waals surface area contributed by atoms with Gasteiger partial charge in [-0.1, -0.05) is 65.7 Å². The van der Waals surface area contributed by atoms with Crippen LogP contribution in [0.4, 0.5) is 0 Å². The number of rotatable bonds is 12. The SMILES string of the molecule is CCCCCCCCC(=O)NCC(N)C(CC)CC. The first-order valence-corrected chi connectivity index (χ1v) is 8.17. The molecule has 1 atom stereocenters. The summed E-state index contributed by atoms with van der Waals surface area (Å²) in [5, 5.41) is 2.97. The Morgan fingerprint density at radius 1 is 1.00 bits per heavy atom. The van der Waals surface area contributed by atoms with Crippen molar-refractivity contribution >= 4 is 5.91 Å². The van der Waals surface area contributed by atoms with E-state index in [2.05, 4.69) is 26.1 Å². The molecule has 0 fully saturated rings. The number of hydrogen-bond donors (Lipinski definition) is 2. The normalized spacial score (nSPS) is 12.7. The number of amides is 1. The zero-order valence-electron chi connectivity index (χ0n) is 13.2. The lowest BCUT2D eigenvalue weighted by molar-refractivity contribution is -0.121. The van der Waals surface area contributed by atoms with Gasteiger partial charge in [0.1, 0.15) is 0 Å². The zero-order valence-corrected chi connectivity index (χ0v) is 13.2. The number of unbranched alkanes of at least 4 members (excludes halogenated alkanes) is 5. The number of nitrogens with one attached hydrogen (secondary N) is 1. The van der Waals surface area contributed by atoms with E-state index < -0.39 is 0 Å². The third-order valence-electron chi connectivity index (χ3n) is 3.95. The van der Waals surface area contributed by atoms with Crippen molar-refractivity contribution in [3.05, 3.63) is 0 Å². The second kappa shape index (κ2) is 12.5. The molecule has 0 aromatic rings. The standard InChI is InChI=1S/C16H34N2O/c1-4-7-8-9-10-11-12-16(19)18-13-15(17)14(5-2)6-3/h14-15H,4-13,17H2,1-3H3,(H,18,19). The smallest absolute Gasteiger partial charge is 0.220 e. The molecular weight excluding hydrogens is 236 g/mol. The molecule has 114 valence electrons. The van der Waals surface area contributed by atoms with Crippen LogP contribution in [0, 0.1) is 5.92 Å². The maximum absolute atomic E-state index is 11.7. The van der Waals surface area contributed by atoms with E-state index in [1.165, 1.54) is 32.1 Å². The predicted molar refractivity (Wildman–Crippen MR) is 83.1 cm³/mol. The average Bonchev–Trinajstić information content (AvgIpc) is 2.41. The maximum Gasteiger partial charge on any atom is 0.220 e. The van der Waals surface area contributed by atoms with Crippen LogP contribution in [0.5, 0.6) is 0 Å². The third-order valence-corrected chi connectivity index (χ3v) is 3.95. The van der Waals surface area contributed by atoms with Crippen molar-refractivity contribution in [1.82, 2.24) is 5.32 Å². The first kappa shape index (κ1) is 18.4. The molecule has 1 unspecified atom stereocenters. The Morgan fingerprint density at radius 2 is 1.58 bits per heavy atom. The number of nitrogens with two attached hydrogens (primary N) is 1. The zero-order chi connectivity index (χ0) is 14.5. The molecule has 1 amide bonds. The maximum atomic E-state index is 11.7. The first-order chi connectivity index (χ1) is 9.15. The van der Waals surface area contributed by atoms with Gasteiger partial charge in [0, 0.05) is 19.0 Å². The van der Waals surface area contributed by atoms with E-state index in [0.29, 0.717) is 18.9 Å². The topological polar surface area (TPSA) is 55.1 Å². The highest BCUT2D eigenvalue weighted by molar-refractivity contribution is 5.75. The monoisotopic (exact) mass is 270 g/mol. The summed E-state index contributed by atoms with van der Waals surface area (Å²) in [6.07, 6.45) is 10.2. The number of hydrogen-bond acceptors (Lipinski definition) is 2. The Hall–Kier alpha value is -0.570. The summed E-state index contributed by atoms with van der Waals surface area (Å²) in [5.41, 5.74) is 6.08. The summed E-state index contributed by atoms with van der Waals surface area (Å²) < 4.78 is 0. The van der Waals surface area contributed by atoms with Gasteiger partial charge in [-0.3, -0.25) is 4.79 Å². The van der Waals surface area contributed by atoms with Crippen LogP contribution >= 0.6 is 0 Å². The second-order valence-corrected chi connectivity index (χ2v) is 5.56. The summed E-state index contributed by atoms with van der Waals surface area (Å²) in [4.78, 5) is 11.7. The summed E-state index contributed by atoms with van der Waals surface area (Å²) in [6.45, 7) is 7.16. The highest BCUT2D eigenvalue weighted by Gasteiger charge is 2.14. The molecule has 0 saturated heterocycles. The molecule has 0 saturated carbocycles. The lowest BCUT2D eigenvalue weighted by Crippen LogP contribution is -2.41. The van der Waals surface area contributed by atoms with Gasteiger partial charge >= 0.3 is 0 Å². The van der Waals surface area contributed by atoms with Crippen LogP contribution < -0.4 is 11.1 Å². The van der Waals surface area contributed by atoms with Crippen molar-refractivity contribution in [2.24, 2.45) is 11.7 Å². The van der Waals surface area contributed by atoms with Crippen LogP contribution in [0.25, 0.3) is 0 Å². The average molecular weight is 270 g/mol. The quantitative estimate of drug-likeness (QED) is 0.532. The molecule has 19 heavy (non-hydrogen) atoms. The van der Waals surface area contributed by atoms with Gasteiger partial charge in [0.2, 0.25) is 5.91 Å². The van der Waals surface area contributed by atoms with Crippen molar-refractivity contribution in [3.8, 4) is 0 Å². The van der Waals surface area contributed by atoms with Gasteiger partial charge in [0.05, 0.1) is 0 Å². The molecule has 0 radical (unpaired) electrons. The van der Waals surface area contributed by atoms with Gasteiger partial charge in [-0.05, 0) is 12.3 Å². The largest absolute Gasteiger partial charge is 0.355 e. The Labute approximate surface area is 119 Å². The molecule has 3 N–H and O–H groups in total. The van der Waals surface area contributed by atoms with Crippen molar-refractivity contribution < 1.29 is 4.79 Å². The minimum atomic E-state index is 0.100. The third kappa shape index (κ3) is 9.94. The van der Waals surface area contributed by atoms with Crippen LogP contribution in [0.1, 0.15) is 78.6 Å². The Morgan fingerprint density at radius 3 is 2.16 bits per heavy atom. The van der Waals surface area contributed by atoms with E-state index in [-0.39, 0.29) is 11.9 Å². The predicted octanol–water partition coefficient (Wildman–Crippen LogP) is 3.62. The minimum absolute atomic E-state index is 0.100. The molecule has 0 aliphatic heterocycles. The van der Waals surface area contributed by atoms with E-state index in [0.717, 1.165) is 19.3 Å². The molecule has 0 aromatic heterocycles. The summed E-state index contributed by atoms with van der Waals surface area (Å²) >= 11 is 0. The van der Waals surface area contributed by atoms with Crippen LogP contribution in [-0.2, 0) is 4.79 Å². The Kier molecular flexibility index (Phi) is 12.1. The van der Waals surface area contributed by atoms with E-state index in [4.69, 9.17) is 5.73 Å². The number of carbonyl (C=O) groups is 1. The highest BCUT2D eigenvalue weighted by Crippen LogP contribution is 2.11. The fourth-order valence-corrected chi connectivity index (χ4v) is 2.45. The van der Waals surface area contributed by atoms with Crippen molar-refractivity contribution in [3.63, 3.8) is 0 Å². The number of carbonyl (C=O) groups excluding carboxylic acids is 1. The van der Waals surface area contributed by atoms with Crippen LogP contribution in [0.2, 0.25) is 0 Å². The molecule has 0 aliphatic rings. The van der Waals surface area contributed by atoms with Crippen molar-refractivity contribution in [2.75, 3.05) is 6.54 Å². The van der Waals surface area contributed by atoms with Crippen LogP contribution in [0.15, 0.2) is 0 Å². The van der Waals surface area contributed by atoms with E-state index in [1.54, 1.807) is 0 Å². The minimum Gasteiger partial charge on any atom is -0.355 e. The molecule has 0 rings (SSSR count). The molecule has 0 aliphatic carbocycles. The fraction of sp³-hybridized carbons (Fsp3) is 0.938. The van der Waals surface area contributed by atoms with E-state index in [1.807, 2.05) is 0 Å². The van der Waals surface area contributed by atoms with Crippen molar-refractivity contribution in [2.45, 2.75) is 84.6 Å². The van der Waals surface area contributed by atoms with Gasteiger partial charge in [-0.25, -0.2) is 0 Å². The van der Waals surface area contributed by atoms with Crippen LogP contribution in [-0.4, -0.2) is 18.5 Å². The lowest BCUT2D eigenvalue weighted by Gasteiger charge is -2.21. The van der Waals surface area contributed by atoms with Gasteiger partial charge in [-0.15, -0.1) is 0 Å². The van der Waals surface area contributed by atoms with Gasteiger partial charge in [0.15, 0.2) is 0 Å². The summed E-state index contributed by atoms with van der Waals surface area (Å²) in [7, 11) is 0. The molecule has 0 heterocycles. The molecule has 0 bridgehead atoms. The summed E-state index contributed by atoms with van der Waals surface area (Å²) in [6, 6.07) is 0.100. The van der Waals surface area contributed by atoms with E-state index >= 15 is 0 Å². The van der Waals surface area contributed by atoms with Crippen molar-refractivity contribution in [1.29, 1.82) is 0 Å². The highest BCUT2D eigenvalue weighted by atomic mass is 16.1. The Balaban J connectivity index is 3.53. The molecule has 0 aromatic carbocycles. The molecular formula is C16H34N2O. The van der Waals surface area contributed by atoms with Gasteiger partial charge < -0.3 is 11.1 Å². The molecule has 0 spiro atoms.